The zero-order valence-electron chi connectivity index (χ0n) is 20.9. The first-order valence-corrected chi connectivity index (χ1v) is 12.5. The van der Waals surface area contributed by atoms with Gasteiger partial charge in [0.1, 0.15) is 23.3 Å². The van der Waals surface area contributed by atoms with Crippen molar-refractivity contribution in [2.24, 2.45) is 0 Å². The average molecular weight is 515 g/mol. The molecule has 2 N–H and O–H groups in total. The van der Waals surface area contributed by atoms with Crippen LogP contribution in [-0.4, -0.2) is 36.8 Å². The summed E-state index contributed by atoms with van der Waals surface area (Å²) >= 11 is 0. The van der Waals surface area contributed by atoms with Crippen LogP contribution in [0.15, 0.2) is 71.8 Å². The van der Waals surface area contributed by atoms with E-state index in [9.17, 15) is 9.18 Å². The number of H-pyrrole nitrogens is 1. The number of halogens is 1. The smallest absolute Gasteiger partial charge is 0.271 e. The summed E-state index contributed by atoms with van der Waals surface area (Å²) in [5.41, 5.74) is 5.26. The number of hydrogen-bond acceptors (Lipinski definition) is 7. The van der Waals surface area contributed by atoms with E-state index in [1.807, 2.05) is 36.4 Å². The maximum absolute atomic E-state index is 14.0. The number of hydrogen-bond donors (Lipinski definition) is 2. The molecule has 8 nitrogen and oxygen atoms in total. The quantitative estimate of drug-likeness (QED) is 0.336. The Kier molecular flexibility index (Phi) is 6.43. The zero-order valence-corrected chi connectivity index (χ0v) is 20.9. The molecule has 1 saturated heterocycles. The summed E-state index contributed by atoms with van der Waals surface area (Å²) in [6.45, 7) is 2.15. The Hall–Kier alpha value is -4.37. The molecule has 2 aromatic carbocycles. The van der Waals surface area contributed by atoms with Gasteiger partial charge in [0, 0.05) is 55.3 Å². The summed E-state index contributed by atoms with van der Waals surface area (Å²) in [6.07, 6.45) is 3.72. The summed E-state index contributed by atoms with van der Waals surface area (Å²) in [5, 5.41) is 3.33. The van der Waals surface area contributed by atoms with Gasteiger partial charge in [-0.25, -0.2) is 9.37 Å². The molecule has 2 aromatic heterocycles. The molecule has 4 heterocycles. The van der Waals surface area contributed by atoms with E-state index >= 15 is 0 Å². The molecule has 2 aliphatic rings. The second kappa shape index (κ2) is 10.2. The SMILES string of the molecule is COc1ncc(CNc2ccc3c(c2)Cc2cccc(C4CN(c5ccc[nH]c5=O)CCO4)c2O3)cc1F. The molecular formula is C29H27FN4O4. The lowest BCUT2D eigenvalue weighted by Crippen LogP contribution is -2.41. The molecule has 0 amide bonds. The third kappa shape index (κ3) is 4.68. The van der Waals surface area contributed by atoms with Crippen LogP contribution in [0, 0.1) is 5.82 Å². The van der Waals surface area contributed by atoms with E-state index in [0.29, 0.717) is 43.9 Å². The van der Waals surface area contributed by atoms with Crippen LogP contribution >= 0.6 is 0 Å². The van der Waals surface area contributed by atoms with Gasteiger partial charge in [-0.3, -0.25) is 4.79 Å². The van der Waals surface area contributed by atoms with Gasteiger partial charge >= 0.3 is 0 Å². The van der Waals surface area contributed by atoms with Gasteiger partial charge in [-0.15, -0.1) is 0 Å². The van der Waals surface area contributed by atoms with E-state index in [0.717, 1.165) is 33.9 Å². The normalized spacial score (nSPS) is 16.3. The molecule has 0 aliphatic carbocycles. The van der Waals surface area contributed by atoms with Crippen molar-refractivity contribution in [1.29, 1.82) is 0 Å². The number of aromatic amines is 1. The summed E-state index contributed by atoms with van der Waals surface area (Å²) in [5.74, 6) is 1.10. The third-order valence-electron chi connectivity index (χ3n) is 6.89. The lowest BCUT2D eigenvalue weighted by atomic mass is 9.95. The van der Waals surface area contributed by atoms with Gasteiger partial charge in [0.25, 0.3) is 5.56 Å². The van der Waals surface area contributed by atoms with Gasteiger partial charge in [0.15, 0.2) is 5.82 Å². The minimum absolute atomic E-state index is 0.0159. The predicted octanol–water partition coefficient (Wildman–Crippen LogP) is 4.80. The first-order chi connectivity index (χ1) is 18.6. The molecular weight excluding hydrogens is 487 g/mol. The predicted molar refractivity (Wildman–Crippen MR) is 142 cm³/mol. The fourth-order valence-electron chi connectivity index (χ4n) is 5.00. The second-order valence-corrected chi connectivity index (χ2v) is 9.31. The summed E-state index contributed by atoms with van der Waals surface area (Å²) in [6, 6.07) is 17.2. The van der Waals surface area contributed by atoms with Crippen LogP contribution in [0.4, 0.5) is 15.8 Å². The molecule has 0 radical (unpaired) electrons. The fourth-order valence-corrected chi connectivity index (χ4v) is 5.00. The van der Waals surface area contributed by atoms with Gasteiger partial charge in [-0.1, -0.05) is 18.2 Å². The lowest BCUT2D eigenvalue weighted by molar-refractivity contribution is 0.0383. The van der Waals surface area contributed by atoms with Gasteiger partial charge in [0.05, 0.1) is 13.7 Å². The minimum Gasteiger partial charge on any atom is -0.479 e. The van der Waals surface area contributed by atoms with Gasteiger partial charge in [0.2, 0.25) is 5.88 Å². The van der Waals surface area contributed by atoms with Gasteiger partial charge < -0.3 is 29.4 Å². The van der Waals surface area contributed by atoms with Crippen molar-refractivity contribution < 1.29 is 18.6 Å². The van der Waals surface area contributed by atoms with Crippen molar-refractivity contribution in [3.63, 3.8) is 0 Å². The molecule has 1 fully saturated rings. The first kappa shape index (κ1) is 24.0. The van der Waals surface area contributed by atoms with E-state index in [2.05, 4.69) is 32.3 Å². The third-order valence-corrected chi connectivity index (χ3v) is 6.89. The van der Waals surface area contributed by atoms with Crippen LogP contribution in [0.25, 0.3) is 0 Å². The largest absolute Gasteiger partial charge is 0.479 e. The molecule has 2 aliphatic heterocycles. The number of ether oxygens (including phenoxy) is 3. The van der Waals surface area contributed by atoms with Crippen LogP contribution in [0.3, 0.4) is 0 Å². The van der Waals surface area contributed by atoms with Crippen LogP contribution in [0.1, 0.15) is 28.4 Å². The Balaban J connectivity index is 1.19. The maximum atomic E-state index is 14.0. The minimum atomic E-state index is -0.487. The molecule has 9 heteroatoms. The van der Waals surface area contributed by atoms with Gasteiger partial charge in [-0.2, -0.15) is 0 Å². The maximum Gasteiger partial charge on any atom is 0.271 e. The number of nitrogens with zero attached hydrogens (tertiary/aromatic N) is 2. The molecule has 6 rings (SSSR count). The van der Waals surface area contributed by atoms with Crippen LogP contribution in [-0.2, 0) is 17.7 Å². The first-order valence-electron chi connectivity index (χ1n) is 12.5. The highest BCUT2D eigenvalue weighted by molar-refractivity contribution is 5.59. The molecule has 194 valence electrons. The van der Waals surface area contributed by atoms with E-state index in [1.54, 1.807) is 12.4 Å². The van der Waals surface area contributed by atoms with Crippen molar-refractivity contribution >= 4 is 11.4 Å². The highest BCUT2D eigenvalue weighted by atomic mass is 19.1. The number of rotatable bonds is 6. The van der Waals surface area contributed by atoms with E-state index in [1.165, 1.54) is 13.2 Å². The van der Waals surface area contributed by atoms with E-state index in [4.69, 9.17) is 14.2 Å². The Bertz CT molecular complexity index is 1540. The Morgan fingerprint density at radius 3 is 2.95 bits per heavy atom. The molecule has 0 spiro atoms. The molecule has 1 unspecified atom stereocenters. The van der Waals surface area contributed by atoms with Crippen LogP contribution in [0.5, 0.6) is 17.4 Å². The number of pyridine rings is 2. The lowest BCUT2D eigenvalue weighted by Gasteiger charge is -2.35. The second-order valence-electron chi connectivity index (χ2n) is 9.31. The van der Waals surface area contributed by atoms with Crippen molar-refractivity contribution in [3.05, 3.63) is 105 Å². The highest BCUT2D eigenvalue weighted by Crippen LogP contribution is 2.43. The number of aromatic nitrogens is 2. The fraction of sp³-hybridized carbons (Fsp3) is 0.241. The summed E-state index contributed by atoms with van der Waals surface area (Å²) < 4.78 is 31.4. The Morgan fingerprint density at radius 2 is 2.11 bits per heavy atom. The van der Waals surface area contributed by atoms with Crippen molar-refractivity contribution in [3.8, 4) is 17.4 Å². The molecule has 0 saturated carbocycles. The van der Waals surface area contributed by atoms with Crippen LogP contribution < -0.4 is 25.2 Å². The number of para-hydroxylation sites is 1. The van der Waals surface area contributed by atoms with E-state index < -0.39 is 5.82 Å². The van der Waals surface area contributed by atoms with Crippen molar-refractivity contribution in [2.75, 3.05) is 37.0 Å². The topological polar surface area (TPSA) is 88.7 Å². The van der Waals surface area contributed by atoms with Gasteiger partial charge in [-0.05, 0) is 47.5 Å². The number of benzene rings is 2. The summed E-state index contributed by atoms with van der Waals surface area (Å²) in [7, 11) is 1.39. The number of methoxy groups -OCH3 is 1. The highest BCUT2D eigenvalue weighted by Gasteiger charge is 2.29. The monoisotopic (exact) mass is 514 g/mol. The molecule has 38 heavy (non-hydrogen) atoms. The molecule has 1 atom stereocenters. The van der Waals surface area contributed by atoms with Crippen molar-refractivity contribution in [2.45, 2.75) is 19.1 Å². The number of fused-ring (bicyclic) bond motifs is 2. The number of morpholine rings is 1. The Morgan fingerprint density at radius 1 is 1.18 bits per heavy atom. The van der Waals surface area contributed by atoms with Crippen LogP contribution in [0.2, 0.25) is 0 Å². The molecule has 4 aromatic rings. The summed E-state index contributed by atoms with van der Waals surface area (Å²) in [4.78, 5) is 21.1. The number of nitrogens with one attached hydrogen (secondary N) is 2. The Labute approximate surface area is 219 Å². The zero-order chi connectivity index (χ0) is 26.1. The molecule has 0 bridgehead atoms. The average Bonchev–Trinajstić information content (AvgIpc) is 2.95. The number of anilines is 2. The standard InChI is InChI=1S/C29H27FN4O4/c1-36-29-23(30)12-18(16-33-29)15-32-21-7-8-25-20(14-21)13-19-4-2-5-22(27(19)38-25)26-17-34(10-11-37-26)24-6-3-9-31-28(24)35/h2-9,12,14,16,26,32H,10-11,13,15,17H2,1H3,(H,31,35). The van der Waals surface area contributed by atoms with E-state index in [-0.39, 0.29) is 17.5 Å². The van der Waals surface area contributed by atoms with Crippen molar-refractivity contribution in [1.82, 2.24) is 9.97 Å².